The van der Waals surface area contributed by atoms with Crippen LogP contribution in [0.15, 0.2) is 51.4 Å². The third-order valence-electron chi connectivity index (χ3n) is 3.93. The van der Waals surface area contributed by atoms with Crippen molar-refractivity contribution in [2.75, 3.05) is 0 Å². The molecule has 8 nitrogen and oxygen atoms in total. The number of ether oxygens (including phenoxy) is 1. The lowest BCUT2D eigenvalue weighted by Gasteiger charge is -2.05. The van der Waals surface area contributed by atoms with Gasteiger partial charge in [-0.1, -0.05) is 16.8 Å². The van der Waals surface area contributed by atoms with E-state index in [0.29, 0.717) is 21.1 Å². The molecule has 0 saturated heterocycles. The Morgan fingerprint density at radius 1 is 1.25 bits per heavy atom. The second-order valence-electron chi connectivity index (χ2n) is 5.81. The summed E-state index contributed by atoms with van der Waals surface area (Å²) in [4.78, 5) is 33.3. The van der Waals surface area contributed by atoms with Crippen molar-refractivity contribution >= 4 is 39.1 Å². The molecule has 0 N–H and O–H groups in total. The molecule has 0 atom stereocenters. The predicted molar refractivity (Wildman–Crippen MR) is 103 cm³/mol. The van der Waals surface area contributed by atoms with Gasteiger partial charge < -0.3 is 9.26 Å². The first-order valence-electron chi connectivity index (χ1n) is 8.27. The Morgan fingerprint density at radius 2 is 2.07 bits per heavy atom. The summed E-state index contributed by atoms with van der Waals surface area (Å²) in [5, 5.41) is 6.80. The first kappa shape index (κ1) is 18.3. The fourth-order valence-electron chi connectivity index (χ4n) is 2.51. The van der Waals surface area contributed by atoms with E-state index in [1.165, 1.54) is 22.2 Å². The fourth-order valence-corrected chi connectivity index (χ4v) is 3.36. The van der Waals surface area contributed by atoms with Crippen LogP contribution in [0, 0.1) is 0 Å². The minimum absolute atomic E-state index is 0.0232. The fraction of sp³-hybridized carbons (Fsp3) is 0.167. The summed E-state index contributed by atoms with van der Waals surface area (Å²) in [6, 6.07) is 8.69. The van der Waals surface area contributed by atoms with Gasteiger partial charge in [-0.3, -0.25) is 14.2 Å². The highest BCUT2D eigenvalue weighted by Crippen LogP contribution is 2.19. The lowest BCUT2D eigenvalue weighted by Crippen LogP contribution is -2.21. The smallest absolute Gasteiger partial charge is 0.308 e. The quantitative estimate of drug-likeness (QED) is 0.444. The number of halogens is 1. The lowest BCUT2D eigenvalue weighted by molar-refractivity contribution is -0.146. The lowest BCUT2D eigenvalue weighted by atomic mass is 10.2. The molecule has 4 rings (SSSR count). The molecule has 4 aromatic rings. The van der Waals surface area contributed by atoms with Crippen molar-refractivity contribution in [1.29, 1.82) is 0 Å². The van der Waals surface area contributed by atoms with E-state index in [-0.39, 0.29) is 31.0 Å². The largest absolute Gasteiger partial charge is 0.456 e. The number of thiophene rings is 1. The molecule has 28 heavy (non-hydrogen) atoms. The number of esters is 1. The van der Waals surface area contributed by atoms with Gasteiger partial charge in [-0.2, -0.15) is 4.98 Å². The van der Waals surface area contributed by atoms with E-state index in [1.807, 2.05) is 0 Å². The van der Waals surface area contributed by atoms with Crippen molar-refractivity contribution in [2.45, 2.75) is 19.6 Å². The van der Waals surface area contributed by atoms with Gasteiger partial charge in [0.05, 0.1) is 18.1 Å². The minimum Gasteiger partial charge on any atom is -0.456 e. The second kappa shape index (κ2) is 7.91. The van der Waals surface area contributed by atoms with E-state index in [0.717, 1.165) is 5.56 Å². The zero-order valence-corrected chi connectivity index (χ0v) is 15.9. The summed E-state index contributed by atoms with van der Waals surface area (Å²) in [6.07, 6.45) is 1.46. The van der Waals surface area contributed by atoms with Crippen molar-refractivity contribution in [3.63, 3.8) is 0 Å². The maximum atomic E-state index is 12.3. The molecule has 0 aliphatic carbocycles. The molecule has 3 heterocycles. The molecule has 0 aliphatic rings. The number of hydrogen-bond donors (Lipinski definition) is 0. The highest BCUT2D eigenvalue weighted by molar-refractivity contribution is 7.16. The third kappa shape index (κ3) is 3.95. The first-order chi connectivity index (χ1) is 13.6. The molecule has 142 valence electrons. The number of carbonyl (C=O) groups is 1. The van der Waals surface area contributed by atoms with Crippen LogP contribution in [0.5, 0.6) is 0 Å². The number of aromatic nitrogens is 4. The van der Waals surface area contributed by atoms with Gasteiger partial charge >= 0.3 is 5.97 Å². The molecule has 3 aromatic heterocycles. The van der Waals surface area contributed by atoms with Crippen molar-refractivity contribution in [2.24, 2.45) is 0 Å². The number of carbonyl (C=O) groups excluding carboxylic acids is 1. The Balaban J connectivity index is 1.32. The molecule has 0 aliphatic heterocycles. The van der Waals surface area contributed by atoms with Gasteiger partial charge in [0.15, 0.2) is 6.61 Å². The van der Waals surface area contributed by atoms with Gasteiger partial charge in [-0.05, 0) is 35.7 Å². The van der Waals surface area contributed by atoms with Crippen LogP contribution in [-0.2, 0) is 22.7 Å². The summed E-state index contributed by atoms with van der Waals surface area (Å²) < 4.78 is 11.6. The van der Waals surface area contributed by atoms with Gasteiger partial charge in [0.25, 0.3) is 11.4 Å². The summed E-state index contributed by atoms with van der Waals surface area (Å²) in [5.41, 5.74) is 0.560. The molecule has 0 saturated carbocycles. The molecule has 0 unspecified atom stereocenters. The molecule has 1 aromatic carbocycles. The molecular formula is C18H13ClN4O4S. The average molecular weight is 417 g/mol. The minimum atomic E-state index is -0.483. The SMILES string of the molecule is O=C(CCn1cnc2sccc2c1=O)OCc1nc(-c2ccc(Cl)cc2)no1. The zero-order valence-electron chi connectivity index (χ0n) is 14.4. The van der Waals surface area contributed by atoms with Crippen LogP contribution in [0.4, 0.5) is 0 Å². The van der Waals surface area contributed by atoms with Crippen LogP contribution in [0.1, 0.15) is 12.3 Å². The highest BCUT2D eigenvalue weighted by Gasteiger charge is 2.12. The van der Waals surface area contributed by atoms with Crippen molar-refractivity contribution in [1.82, 2.24) is 19.7 Å². The van der Waals surface area contributed by atoms with Crippen molar-refractivity contribution in [3.8, 4) is 11.4 Å². The average Bonchev–Trinajstić information content (AvgIpc) is 3.36. The molecule has 0 spiro atoms. The van der Waals surface area contributed by atoms with E-state index in [4.69, 9.17) is 20.9 Å². The van der Waals surface area contributed by atoms with Crippen molar-refractivity contribution < 1.29 is 14.1 Å². The predicted octanol–water partition coefficient (Wildman–Crippen LogP) is 3.29. The molecule has 0 amide bonds. The number of benzene rings is 1. The van der Waals surface area contributed by atoms with E-state index in [1.54, 1.807) is 35.7 Å². The second-order valence-corrected chi connectivity index (χ2v) is 7.14. The Bertz CT molecular complexity index is 1180. The number of nitrogens with zero attached hydrogens (tertiary/aromatic N) is 4. The Morgan fingerprint density at radius 3 is 2.89 bits per heavy atom. The number of fused-ring (bicyclic) bond motifs is 1. The van der Waals surface area contributed by atoms with Gasteiger partial charge in [0.2, 0.25) is 5.82 Å². The van der Waals surface area contributed by atoms with Crippen LogP contribution in [0.3, 0.4) is 0 Å². The number of rotatable bonds is 6. The maximum absolute atomic E-state index is 12.3. The summed E-state index contributed by atoms with van der Waals surface area (Å²) >= 11 is 7.24. The Labute approximate surface area is 167 Å². The highest BCUT2D eigenvalue weighted by atomic mass is 35.5. The standard InChI is InChI=1S/C18H13ClN4O4S/c19-12-3-1-11(2-4-12)16-21-14(27-22-16)9-26-15(24)5-7-23-10-20-17-13(18(23)25)6-8-28-17/h1-4,6,8,10H,5,7,9H2. The van der Waals surface area contributed by atoms with Gasteiger partial charge in [0.1, 0.15) is 4.83 Å². The summed E-state index contributed by atoms with van der Waals surface area (Å²) in [7, 11) is 0. The van der Waals surface area contributed by atoms with E-state index in [2.05, 4.69) is 15.1 Å². The molecule has 0 fully saturated rings. The van der Waals surface area contributed by atoms with Crippen molar-refractivity contribution in [3.05, 3.63) is 63.3 Å². The summed E-state index contributed by atoms with van der Waals surface area (Å²) in [5.74, 6) is 0.0739. The Kier molecular flexibility index (Phi) is 5.18. The van der Waals surface area contributed by atoms with Crippen LogP contribution in [-0.4, -0.2) is 25.7 Å². The molecule has 10 heteroatoms. The molecule has 0 radical (unpaired) electrons. The molecule has 0 bridgehead atoms. The zero-order chi connectivity index (χ0) is 19.5. The van der Waals surface area contributed by atoms with E-state index < -0.39 is 5.97 Å². The topological polar surface area (TPSA) is 100 Å². The third-order valence-corrected chi connectivity index (χ3v) is 5.01. The molecular weight excluding hydrogens is 404 g/mol. The normalized spacial score (nSPS) is 11.0. The van der Waals surface area contributed by atoms with Crippen LogP contribution < -0.4 is 5.56 Å². The van der Waals surface area contributed by atoms with Crippen LogP contribution in [0.25, 0.3) is 21.6 Å². The monoisotopic (exact) mass is 416 g/mol. The van der Waals surface area contributed by atoms with Gasteiger partial charge in [-0.25, -0.2) is 4.98 Å². The van der Waals surface area contributed by atoms with Gasteiger partial charge in [0, 0.05) is 17.1 Å². The van der Waals surface area contributed by atoms with E-state index >= 15 is 0 Å². The van der Waals surface area contributed by atoms with E-state index in [9.17, 15) is 9.59 Å². The van der Waals surface area contributed by atoms with Gasteiger partial charge in [-0.15, -0.1) is 11.3 Å². The number of hydrogen-bond acceptors (Lipinski definition) is 8. The van der Waals surface area contributed by atoms with Crippen LogP contribution >= 0.6 is 22.9 Å². The first-order valence-corrected chi connectivity index (χ1v) is 9.53. The summed E-state index contributed by atoms with van der Waals surface area (Å²) in [6.45, 7) is 0.0342. The number of aryl methyl sites for hydroxylation is 1. The Hall–Kier alpha value is -3.04. The maximum Gasteiger partial charge on any atom is 0.308 e. The van der Waals surface area contributed by atoms with Crippen LogP contribution in [0.2, 0.25) is 5.02 Å².